The Morgan fingerprint density at radius 3 is 2.75 bits per heavy atom. The normalized spacial score (nSPS) is 17.7. The van der Waals surface area contributed by atoms with Crippen LogP contribution in [0.25, 0.3) is 11.6 Å². The molecule has 2 amide bonds. The maximum atomic E-state index is 13.4. The summed E-state index contributed by atoms with van der Waals surface area (Å²) in [6.45, 7) is 1.86. The van der Waals surface area contributed by atoms with Crippen LogP contribution in [0, 0.1) is 0 Å². The molecule has 3 aromatic rings. The highest BCUT2D eigenvalue weighted by atomic mass is 32.2. The molecule has 0 radical (unpaired) electrons. The van der Waals surface area contributed by atoms with Gasteiger partial charge >= 0.3 is 0 Å². The molecule has 1 aromatic carbocycles. The lowest BCUT2D eigenvalue weighted by atomic mass is 9.95. The molecule has 166 valence electrons. The van der Waals surface area contributed by atoms with Crippen molar-refractivity contribution in [2.45, 2.75) is 55.5 Å². The second kappa shape index (κ2) is 8.82. The van der Waals surface area contributed by atoms with E-state index < -0.39 is 5.25 Å². The van der Waals surface area contributed by atoms with E-state index in [1.54, 1.807) is 17.2 Å². The number of hydrogen-bond donors (Lipinski definition) is 1. The van der Waals surface area contributed by atoms with Crippen LogP contribution in [0.1, 0.15) is 45.1 Å². The Morgan fingerprint density at radius 2 is 1.97 bits per heavy atom. The monoisotopic (exact) mass is 451 g/mol. The fourth-order valence-corrected chi connectivity index (χ4v) is 5.44. The number of hydrogen-bond acceptors (Lipinski definition) is 6. The summed E-state index contributed by atoms with van der Waals surface area (Å²) in [5, 5.41) is 12.0. The van der Waals surface area contributed by atoms with Crippen LogP contribution in [0.3, 0.4) is 0 Å². The number of rotatable bonds is 5. The number of carbonyl (C=O) groups excluding carboxylic acids is 2. The number of fused-ring (bicyclic) bond motifs is 1. The summed E-state index contributed by atoms with van der Waals surface area (Å²) < 4.78 is 7.75. The van der Waals surface area contributed by atoms with E-state index in [4.69, 9.17) is 4.42 Å². The number of nitrogens with one attached hydrogen (secondary N) is 1. The zero-order valence-corrected chi connectivity index (χ0v) is 18.7. The van der Waals surface area contributed by atoms with Crippen molar-refractivity contribution in [3.8, 4) is 11.6 Å². The molecule has 1 atom stereocenters. The number of para-hydroxylation sites is 2. The summed E-state index contributed by atoms with van der Waals surface area (Å²) in [7, 11) is 0. The Hall–Kier alpha value is -3.07. The van der Waals surface area contributed by atoms with Crippen LogP contribution in [0.5, 0.6) is 0 Å². The van der Waals surface area contributed by atoms with Crippen molar-refractivity contribution in [1.82, 2.24) is 14.8 Å². The van der Waals surface area contributed by atoms with Crippen molar-refractivity contribution in [3.63, 3.8) is 0 Å². The Labute approximate surface area is 190 Å². The molecular formula is C23H25N5O3S. The van der Waals surface area contributed by atoms with E-state index in [0.29, 0.717) is 22.4 Å². The van der Waals surface area contributed by atoms with E-state index in [0.717, 1.165) is 18.5 Å². The molecule has 1 aliphatic heterocycles. The lowest BCUT2D eigenvalue weighted by Crippen LogP contribution is -2.45. The van der Waals surface area contributed by atoms with Crippen molar-refractivity contribution < 1.29 is 14.0 Å². The predicted molar refractivity (Wildman–Crippen MR) is 123 cm³/mol. The van der Waals surface area contributed by atoms with Gasteiger partial charge in [-0.2, -0.15) is 0 Å². The van der Waals surface area contributed by atoms with Crippen LogP contribution in [-0.2, 0) is 9.59 Å². The lowest BCUT2D eigenvalue weighted by molar-refractivity contribution is -0.121. The van der Waals surface area contributed by atoms with Crippen LogP contribution in [-0.4, -0.2) is 38.4 Å². The van der Waals surface area contributed by atoms with E-state index >= 15 is 0 Å². The number of thioether (sulfide) groups is 1. The highest BCUT2D eigenvalue weighted by Crippen LogP contribution is 2.38. The number of anilines is 2. The molecule has 0 unspecified atom stereocenters. The van der Waals surface area contributed by atoms with Crippen LogP contribution < -0.4 is 10.2 Å². The van der Waals surface area contributed by atoms with E-state index in [9.17, 15) is 9.59 Å². The topological polar surface area (TPSA) is 93.3 Å². The molecule has 1 aliphatic carbocycles. The molecule has 1 saturated carbocycles. The fourth-order valence-electron chi connectivity index (χ4n) is 4.46. The summed E-state index contributed by atoms with van der Waals surface area (Å²) in [6.07, 6.45) is 7.32. The molecule has 2 aliphatic rings. The third-order valence-corrected chi connectivity index (χ3v) is 7.06. The smallest absolute Gasteiger partial charge is 0.244 e. The van der Waals surface area contributed by atoms with Gasteiger partial charge in [0.1, 0.15) is 6.54 Å². The Kier molecular flexibility index (Phi) is 5.73. The molecule has 3 heterocycles. The van der Waals surface area contributed by atoms with Crippen LogP contribution >= 0.6 is 11.8 Å². The van der Waals surface area contributed by atoms with E-state index in [1.165, 1.54) is 31.0 Å². The molecule has 32 heavy (non-hydrogen) atoms. The minimum atomic E-state index is -0.440. The molecule has 1 N–H and O–H groups in total. The number of aromatic nitrogens is 3. The van der Waals surface area contributed by atoms with Gasteiger partial charge in [0, 0.05) is 6.04 Å². The summed E-state index contributed by atoms with van der Waals surface area (Å²) in [5.74, 6) is 1.05. The minimum Gasteiger partial charge on any atom is -0.461 e. The first-order valence-electron chi connectivity index (χ1n) is 11.0. The summed E-state index contributed by atoms with van der Waals surface area (Å²) in [4.78, 5) is 27.1. The first kappa shape index (κ1) is 20.8. The lowest BCUT2D eigenvalue weighted by Gasteiger charge is -2.31. The van der Waals surface area contributed by atoms with Crippen LogP contribution in [0.2, 0.25) is 0 Å². The molecule has 0 saturated heterocycles. The molecule has 0 spiro atoms. The van der Waals surface area contributed by atoms with Crippen molar-refractivity contribution >= 4 is 35.0 Å². The maximum Gasteiger partial charge on any atom is 0.244 e. The number of benzene rings is 1. The van der Waals surface area contributed by atoms with Gasteiger partial charge in [-0.25, -0.2) is 0 Å². The summed E-state index contributed by atoms with van der Waals surface area (Å²) in [5.41, 5.74) is 1.37. The zero-order valence-electron chi connectivity index (χ0n) is 17.9. The number of furan rings is 1. The molecule has 9 heteroatoms. The Morgan fingerprint density at radius 1 is 1.16 bits per heavy atom. The van der Waals surface area contributed by atoms with E-state index in [-0.39, 0.29) is 24.4 Å². The van der Waals surface area contributed by atoms with Gasteiger partial charge in [0.15, 0.2) is 10.9 Å². The maximum absolute atomic E-state index is 13.4. The zero-order chi connectivity index (χ0) is 22.1. The van der Waals surface area contributed by atoms with Crippen molar-refractivity contribution in [3.05, 3.63) is 42.7 Å². The standard InChI is InChI=1S/C23H25N5O3S/c1-15(22(30)27-14-20(29)24-17-10-5-6-11-18(17)27)32-23-26-25-21(19-12-7-13-31-19)28(23)16-8-3-2-4-9-16/h5-7,10-13,15-16H,2-4,8-9,14H2,1H3,(H,24,29)/t15-/m0/s1. The SMILES string of the molecule is C[C@H](Sc1nnc(-c2ccco2)n1C1CCCCC1)C(=O)N1CC(=O)Nc2ccccc21. The molecule has 1 fully saturated rings. The van der Waals surface area contributed by atoms with Gasteiger partial charge in [0.2, 0.25) is 17.6 Å². The van der Waals surface area contributed by atoms with Crippen LogP contribution in [0.15, 0.2) is 52.2 Å². The van der Waals surface area contributed by atoms with Gasteiger partial charge in [-0.1, -0.05) is 43.2 Å². The van der Waals surface area contributed by atoms with E-state index in [2.05, 4.69) is 20.1 Å². The van der Waals surface area contributed by atoms with Crippen molar-refractivity contribution in [2.24, 2.45) is 0 Å². The van der Waals surface area contributed by atoms with Crippen LogP contribution in [0.4, 0.5) is 11.4 Å². The highest BCUT2D eigenvalue weighted by Gasteiger charge is 2.32. The Balaban J connectivity index is 1.43. The van der Waals surface area contributed by atoms with Gasteiger partial charge in [0.05, 0.1) is 22.9 Å². The second-order valence-electron chi connectivity index (χ2n) is 8.20. The van der Waals surface area contributed by atoms with Gasteiger partial charge in [-0.05, 0) is 44.0 Å². The fraction of sp³-hybridized carbons (Fsp3) is 0.391. The predicted octanol–water partition coefficient (Wildman–Crippen LogP) is 4.51. The number of amides is 2. The molecule has 2 aromatic heterocycles. The third kappa shape index (κ3) is 3.92. The average Bonchev–Trinajstić information content (AvgIpc) is 3.48. The highest BCUT2D eigenvalue weighted by molar-refractivity contribution is 8.00. The summed E-state index contributed by atoms with van der Waals surface area (Å²) >= 11 is 1.38. The minimum absolute atomic E-state index is 0.00765. The third-order valence-electron chi connectivity index (χ3n) is 6.01. The largest absolute Gasteiger partial charge is 0.461 e. The van der Waals surface area contributed by atoms with Gasteiger partial charge in [-0.3, -0.25) is 19.1 Å². The van der Waals surface area contributed by atoms with Gasteiger partial charge in [0.25, 0.3) is 0 Å². The first-order chi connectivity index (χ1) is 15.6. The number of carbonyl (C=O) groups is 2. The number of nitrogens with zero attached hydrogens (tertiary/aromatic N) is 4. The van der Waals surface area contributed by atoms with Gasteiger partial charge in [-0.15, -0.1) is 10.2 Å². The van der Waals surface area contributed by atoms with Crippen molar-refractivity contribution in [2.75, 3.05) is 16.8 Å². The second-order valence-corrected chi connectivity index (χ2v) is 9.50. The average molecular weight is 452 g/mol. The van der Waals surface area contributed by atoms with Crippen molar-refractivity contribution in [1.29, 1.82) is 0 Å². The first-order valence-corrected chi connectivity index (χ1v) is 11.9. The Bertz CT molecular complexity index is 1120. The quantitative estimate of drug-likeness (QED) is 0.574. The van der Waals surface area contributed by atoms with E-state index in [1.807, 2.05) is 37.3 Å². The summed E-state index contributed by atoms with van der Waals surface area (Å²) in [6, 6.07) is 11.4. The van der Waals surface area contributed by atoms with Gasteiger partial charge < -0.3 is 9.73 Å². The molecular weight excluding hydrogens is 426 g/mol. The molecule has 8 nitrogen and oxygen atoms in total. The molecule has 0 bridgehead atoms. The molecule has 5 rings (SSSR count).